The highest BCUT2D eigenvalue weighted by Crippen LogP contribution is 2.33. The molecule has 150 valence electrons. The van der Waals surface area contributed by atoms with E-state index in [1.165, 1.54) is 11.1 Å². The van der Waals surface area contributed by atoms with Gasteiger partial charge in [-0.15, -0.1) is 10.2 Å². The number of benzene rings is 3. The first-order chi connectivity index (χ1) is 14.7. The van der Waals surface area contributed by atoms with Gasteiger partial charge in [-0.1, -0.05) is 60.7 Å². The molecule has 5 rings (SSSR count). The van der Waals surface area contributed by atoms with Crippen LogP contribution in [0.1, 0.15) is 35.1 Å². The van der Waals surface area contributed by atoms with Gasteiger partial charge in [-0.3, -0.25) is 4.79 Å². The van der Waals surface area contributed by atoms with Gasteiger partial charge in [0.25, 0.3) is 0 Å². The van der Waals surface area contributed by atoms with E-state index in [0.717, 1.165) is 41.0 Å². The van der Waals surface area contributed by atoms with E-state index >= 15 is 0 Å². The van der Waals surface area contributed by atoms with Crippen LogP contribution in [0.25, 0.3) is 10.8 Å². The van der Waals surface area contributed by atoms with Gasteiger partial charge in [0.2, 0.25) is 5.91 Å². The quantitative estimate of drug-likeness (QED) is 0.543. The number of anilines is 1. The molecule has 1 aliphatic carbocycles. The van der Waals surface area contributed by atoms with Crippen LogP contribution in [-0.2, 0) is 31.1 Å². The van der Waals surface area contributed by atoms with Gasteiger partial charge in [-0.25, -0.2) is 0 Å². The van der Waals surface area contributed by atoms with Crippen LogP contribution in [-0.4, -0.2) is 20.7 Å². The summed E-state index contributed by atoms with van der Waals surface area (Å²) in [6.45, 7) is 0. The van der Waals surface area contributed by atoms with E-state index < -0.39 is 0 Å². The Morgan fingerprint density at radius 2 is 1.67 bits per heavy atom. The molecule has 5 heteroatoms. The van der Waals surface area contributed by atoms with Crippen molar-refractivity contribution in [3.63, 3.8) is 0 Å². The number of nitrogens with zero attached hydrogens (tertiary/aromatic N) is 3. The zero-order valence-electron chi connectivity index (χ0n) is 17.0. The molecule has 1 N–H and O–H groups in total. The van der Waals surface area contributed by atoms with Gasteiger partial charge in [0.05, 0.1) is 0 Å². The van der Waals surface area contributed by atoms with Crippen molar-refractivity contribution in [3.05, 3.63) is 89.5 Å². The number of amides is 1. The lowest BCUT2D eigenvalue weighted by atomic mass is 10.1. The van der Waals surface area contributed by atoms with Gasteiger partial charge < -0.3 is 9.88 Å². The molecule has 0 aliphatic heterocycles. The lowest BCUT2D eigenvalue weighted by Crippen LogP contribution is -2.14. The van der Waals surface area contributed by atoms with Gasteiger partial charge in [-0.05, 0) is 35.4 Å². The predicted octanol–water partition coefficient (Wildman–Crippen LogP) is 4.42. The lowest BCUT2D eigenvalue weighted by molar-refractivity contribution is -0.116. The third-order valence-electron chi connectivity index (χ3n) is 6.05. The molecule has 0 radical (unpaired) electrons. The number of nitrogens with one attached hydrogen (secondary N) is 1. The Hall–Kier alpha value is -3.47. The Bertz CT molecular complexity index is 1200. The first-order valence-electron chi connectivity index (χ1n) is 10.4. The van der Waals surface area contributed by atoms with Crippen LogP contribution in [0, 0.1) is 0 Å². The topological polar surface area (TPSA) is 59.8 Å². The molecule has 0 saturated carbocycles. The SMILES string of the molecule is Cn1c(CCC(=O)Nc2cccc3ccccc23)nnc1C1Cc2ccccc2C1. The van der Waals surface area contributed by atoms with Crippen LogP contribution in [0.15, 0.2) is 66.7 Å². The fourth-order valence-electron chi connectivity index (χ4n) is 4.46. The third-order valence-corrected chi connectivity index (χ3v) is 6.05. The first-order valence-corrected chi connectivity index (χ1v) is 10.4. The molecule has 1 amide bonds. The molecular weight excluding hydrogens is 372 g/mol. The Morgan fingerprint density at radius 1 is 0.967 bits per heavy atom. The highest BCUT2D eigenvalue weighted by Gasteiger charge is 2.27. The second-order valence-electron chi connectivity index (χ2n) is 7.98. The molecule has 1 aromatic heterocycles. The van der Waals surface area contributed by atoms with E-state index in [0.29, 0.717) is 18.8 Å². The molecule has 30 heavy (non-hydrogen) atoms. The smallest absolute Gasteiger partial charge is 0.224 e. The van der Waals surface area contributed by atoms with Crippen molar-refractivity contribution in [1.82, 2.24) is 14.8 Å². The molecule has 1 heterocycles. The number of aromatic nitrogens is 3. The first kappa shape index (κ1) is 18.6. The number of carbonyl (C=O) groups excluding carboxylic acids is 1. The number of rotatable bonds is 5. The highest BCUT2D eigenvalue weighted by molar-refractivity contribution is 6.02. The number of aryl methyl sites for hydroxylation is 1. The molecule has 0 fully saturated rings. The van der Waals surface area contributed by atoms with Crippen molar-refractivity contribution in [2.75, 3.05) is 5.32 Å². The monoisotopic (exact) mass is 396 g/mol. The van der Waals surface area contributed by atoms with E-state index in [1.807, 2.05) is 49.5 Å². The zero-order chi connectivity index (χ0) is 20.5. The Morgan fingerprint density at radius 3 is 2.47 bits per heavy atom. The Labute approximate surface area is 175 Å². The van der Waals surface area contributed by atoms with Crippen molar-refractivity contribution >= 4 is 22.4 Å². The Balaban J connectivity index is 1.24. The summed E-state index contributed by atoms with van der Waals surface area (Å²) in [6, 6.07) is 22.6. The molecule has 0 saturated heterocycles. The summed E-state index contributed by atoms with van der Waals surface area (Å²) in [6.07, 6.45) is 2.95. The van der Waals surface area contributed by atoms with E-state index in [-0.39, 0.29) is 5.91 Å². The molecule has 0 unspecified atom stereocenters. The molecule has 0 bridgehead atoms. The van der Waals surface area contributed by atoms with Crippen molar-refractivity contribution in [2.24, 2.45) is 7.05 Å². The molecule has 0 atom stereocenters. The van der Waals surface area contributed by atoms with Crippen LogP contribution in [0.2, 0.25) is 0 Å². The molecule has 1 aliphatic rings. The van der Waals surface area contributed by atoms with Crippen molar-refractivity contribution < 1.29 is 4.79 Å². The van der Waals surface area contributed by atoms with Crippen molar-refractivity contribution in [1.29, 1.82) is 0 Å². The van der Waals surface area contributed by atoms with Crippen LogP contribution < -0.4 is 5.32 Å². The summed E-state index contributed by atoms with van der Waals surface area (Å²) in [5.41, 5.74) is 3.66. The van der Waals surface area contributed by atoms with Crippen LogP contribution in [0.5, 0.6) is 0 Å². The predicted molar refractivity (Wildman–Crippen MR) is 118 cm³/mol. The fourth-order valence-corrected chi connectivity index (χ4v) is 4.46. The third kappa shape index (κ3) is 3.47. The number of carbonyl (C=O) groups is 1. The summed E-state index contributed by atoms with van der Waals surface area (Å²) in [5.74, 6) is 2.21. The summed E-state index contributed by atoms with van der Waals surface area (Å²) in [7, 11) is 2.01. The maximum Gasteiger partial charge on any atom is 0.224 e. The number of hydrogen-bond donors (Lipinski definition) is 1. The normalized spacial score (nSPS) is 13.5. The van der Waals surface area contributed by atoms with Crippen LogP contribution in [0.4, 0.5) is 5.69 Å². The van der Waals surface area contributed by atoms with Crippen molar-refractivity contribution in [2.45, 2.75) is 31.6 Å². The fraction of sp³-hybridized carbons (Fsp3) is 0.240. The summed E-state index contributed by atoms with van der Waals surface area (Å²) in [4.78, 5) is 12.6. The summed E-state index contributed by atoms with van der Waals surface area (Å²) < 4.78 is 2.07. The zero-order valence-corrected chi connectivity index (χ0v) is 17.0. The highest BCUT2D eigenvalue weighted by atomic mass is 16.1. The second-order valence-corrected chi connectivity index (χ2v) is 7.98. The lowest BCUT2D eigenvalue weighted by Gasteiger charge is -2.10. The van der Waals surface area contributed by atoms with E-state index in [2.05, 4.69) is 44.3 Å². The molecule has 5 nitrogen and oxygen atoms in total. The minimum absolute atomic E-state index is 0.0100. The minimum Gasteiger partial charge on any atom is -0.326 e. The van der Waals surface area contributed by atoms with Gasteiger partial charge >= 0.3 is 0 Å². The van der Waals surface area contributed by atoms with Gasteiger partial charge in [0.15, 0.2) is 0 Å². The average molecular weight is 396 g/mol. The van der Waals surface area contributed by atoms with E-state index in [1.54, 1.807) is 0 Å². The largest absolute Gasteiger partial charge is 0.326 e. The summed E-state index contributed by atoms with van der Waals surface area (Å²) >= 11 is 0. The Kier molecular flexibility index (Phi) is 4.79. The standard InChI is InChI=1S/C25H24N4O/c1-29-23(27-28-25(29)20-15-18-8-2-3-9-19(18)16-20)13-14-24(30)26-22-12-6-10-17-7-4-5-11-21(17)22/h2-12,20H,13-16H2,1H3,(H,26,30). The molecule has 4 aromatic rings. The summed E-state index contributed by atoms with van der Waals surface area (Å²) in [5, 5.41) is 14.1. The van der Waals surface area contributed by atoms with Gasteiger partial charge in [0.1, 0.15) is 11.6 Å². The van der Waals surface area contributed by atoms with Crippen LogP contribution >= 0.6 is 0 Å². The molecular formula is C25H24N4O. The maximum atomic E-state index is 12.6. The average Bonchev–Trinajstić information content (AvgIpc) is 3.35. The van der Waals surface area contributed by atoms with E-state index in [9.17, 15) is 4.79 Å². The molecule has 0 spiro atoms. The van der Waals surface area contributed by atoms with Gasteiger partial charge in [-0.2, -0.15) is 0 Å². The minimum atomic E-state index is -0.0100. The van der Waals surface area contributed by atoms with Gasteiger partial charge in [0, 0.05) is 36.9 Å². The number of hydrogen-bond acceptors (Lipinski definition) is 3. The second kappa shape index (κ2) is 7.75. The van der Waals surface area contributed by atoms with E-state index in [4.69, 9.17) is 0 Å². The number of fused-ring (bicyclic) bond motifs is 2. The molecule has 3 aromatic carbocycles. The van der Waals surface area contributed by atoms with Crippen LogP contribution in [0.3, 0.4) is 0 Å². The maximum absolute atomic E-state index is 12.6. The van der Waals surface area contributed by atoms with Crippen molar-refractivity contribution in [3.8, 4) is 0 Å².